The van der Waals surface area contributed by atoms with Crippen LogP contribution in [0.5, 0.6) is 0 Å². The van der Waals surface area contributed by atoms with Crippen LogP contribution in [0, 0.1) is 0 Å². The van der Waals surface area contributed by atoms with Crippen molar-refractivity contribution in [2.45, 2.75) is 36.6 Å². The molecule has 0 bridgehead atoms. The molecule has 1 N–H and O–H groups in total. The highest BCUT2D eigenvalue weighted by atomic mass is 35.5. The average molecular weight is 431 g/mol. The fourth-order valence-electron chi connectivity index (χ4n) is 3.37. The van der Waals surface area contributed by atoms with Gasteiger partial charge in [-0.25, -0.2) is 4.98 Å². The lowest BCUT2D eigenvalue weighted by atomic mass is 9.97. The zero-order chi connectivity index (χ0) is 19.1. The van der Waals surface area contributed by atoms with Gasteiger partial charge in [-0.05, 0) is 55.5 Å². The highest BCUT2D eigenvalue weighted by molar-refractivity contribution is 7.98. The molecule has 1 aliphatic carbocycles. The number of aryl methyl sites for hydroxylation is 2. The number of aromatic nitrogens is 4. The molecule has 5 rings (SSSR count). The Morgan fingerprint density at radius 2 is 2.00 bits per heavy atom. The Bertz CT molecular complexity index is 1210. The molecule has 0 saturated heterocycles. The van der Waals surface area contributed by atoms with Crippen molar-refractivity contribution in [1.29, 1.82) is 0 Å². The van der Waals surface area contributed by atoms with E-state index in [2.05, 4.69) is 20.1 Å². The maximum Gasteiger partial charge on any atom is 0.260 e. The van der Waals surface area contributed by atoms with E-state index in [4.69, 9.17) is 16.1 Å². The summed E-state index contributed by atoms with van der Waals surface area (Å²) in [6, 6.07) is 7.25. The molecular weight excluding hydrogens is 416 g/mol. The number of H-pyrrole nitrogens is 1. The van der Waals surface area contributed by atoms with E-state index in [1.54, 1.807) is 23.5 Å². The number of thioether (sulfide) groups is 1. The Morgan fingerprint density at radius 1 is 1.18 bits per heavy atom. The first-order chi connectivity index (χ1) is 13.7. The monoisotopic (exact) mass is 430 g/mol. The molecular formula is C19H15ClN4O2S2. The van der Waals surface area contributed by atoms with E-state index in [0.717, 1.165) is 35.0 Å². The van der Waals surface area contributed by atoms with Crippen molar-refractivity contribution in [3.05, 3.63) is 56.0 Å². The van der Waals surface area contributed by atoms with E-state index in [9.17, 15) is 4.79 Å². The van der Waals surface area contributed by atoms with Gasteiger partial charge in [-0.15, -0.1) is 11.3 Å². The molecule has 4 aromatic rings. The number of benzene rings is 1. The molecule has 0 spiro atoms. The third kappa shape index (κ3) is 3.36. The summed E-state index contributed by atoms with van der Waals surface area (Å²) in [4.78, 5) is 26.7. The molecule has 0 saturated carbocycles. The van der Waals surface area contributed by atoms with Gasteiger partial charge in [0.2, 0.25) is 11.7 Å². The van der Waals surface area contributed by atoms with Crippen LogP contribution in [0.3, 0.4) is 0 Å². The second kappa shape index (κ2) is 7.35. The van der Waals surface area contributed by atoms with E-state index in [1.165, 1.54) is 28.6 Å². The second-order valence-corrected chi connectivity index (χ2v) is 9.05. The number of nitrogens with zero attached hydrogens (tertiary/aromatic N) is 3. The molecule has 1 aliphatic rings. The minimum absolute atomic E-state index is 0.0562. The Kier molecular flexibility index (Phi) is 4.70. The predicted molar refractivity (Wildman–Crippen MR) is 111 cm³/mol. The van der Waals surface area contributed by atoms with Crippen molar-refractivity contribution in [3.63, 3.8) is 0 Å². The number of halogens is 1. The number of aromatic amines is 1. The van der Waals surface area contributed by atoms with Crippen LogP contribution in [0.2, 0.25) is 5.02 Å². The number of fused-ring (bicyclic) bond motifs is 3. The topological polar surface area (TPSA) is 84.7 Å². The lowest BCUT2D eigenvalue weighted by Gasteiger charge is -2.09. The number of hydrogen-bond donors (Lipinski definition) is 1. The Morgan fingerprint density at radius 3 is 2.86 bits per heavy atom. The molecule has 1 aromatic carbocycles. The maximum atomic E-state index is 12.6. The number of rotatable bonds is 4. The first-order valence-corrected chi connectivity index (χ1v) is 11.1. The normalized spacial score (nSPS) is 13.8. The molecule has 6 nitrogen and oxygen atoms in total. The zero-order valence-corrected chi connectivity index (χ0v) is 17.1. The van der Waals surface area contributed by atoms with Gasteiger partial charge in [0.25, 0.3) is 5.56 Å². The van der Waals surface area contributed by atoms with Gasteiger partial charge in [-0.3, -0.25) is 4.79 Å². The quantitative estimate of drug-likeness (QED) is 0.367. The summed E-state index contributed by atoms with van der Waals surface area (Å²) in [6.07, 6.45) is 4.35. The third-order valence-electron chi connectivity index (χ3n) is 4.71. The second-order valence-electron chi connectivity index (χ2n) is 6.57. The molecule has 3 aromatic heterocycles. The van der Waals surface area contributed by atoms with Crippen molar-refractivity contribution >= 4 is 44.9 Å². The molecule has 0 unspecified atom stereocenters. The van der Waals surface area contributed by atoms with Crippen LogP contribution < -0.4 is 5.56 Å². The van der Waals surface area contributed by atoms with Gasteiger partial charge in [0.1, 0.15) is 4.83 Å². The van der Waals surface area contributed by atoms with Crippen LogP contribution in [0.25, 0.3) is 21.6 Å². The van der Waals surface area contributed by atoms with Crippen LogP contribution in [0.15, 0.2) is 38.7 Å². The average Bonchev–Trinajstić information content (AvgIpc) is 3.31. The van der Waals surface area contributed by atoms with Crippen molar-refractivity contribution < 1.29 is 4.52 Å². The summed E-state index contributed by atoms with van der Waals surface area (Å²) in [7, 11) is 0. The van der Waals surface area contributed by atoms with E-state index >= 15 is 0 Å². The van der Waals surface area contributed by atoms with Gasteiger partial charge < -0.3 is 9.51 Å². The highest BCUT2D eigenvalue weighted by Gasteiger charge is 2.20. The van der Waals surface area contributed by atoms with E-state index in [0.29, 0.717) is 27.6 Å². The minimum atomic E-state index is -0.0562. The van der Waals surface area contributed by atoms with Gasteiger partial charge in [0.05, 0.1) is 11.1 Å². The van der Waals surface area contributed by atoms with Crippen molar-refractivity contribution in [3.8, 4) is 11.4 Å². The zero-order valence-electron chi connectivity index (χ0n) is 14.7. The summed E-state index contributed by atoms with van der Waals surface area (Å²) in [5, 5.41) is 6.01. The van der Waals surface area contributed by atoms with E-state index in [-0.39, 0.29) is 5.56 Å². The fraction of sp³-hybridized carbons (Fsp3) is 0.263. The molecule has 3 heterocycles. The van der Waals surface area contributed by atoms with Crippen LogP contribution in [0.4, 0.5) is 0 Å². The third-order valence-corrected chi connectivity index (χ3v) is 7.00. The predicted octanol–water partition coefficient (Wildman–Crippen LogP) is 4.86. The molecule has 0 amide bonds. The lowest BCUT2D eigenvalue weighted by Crippen LogP contribution is -2.10. The summed E-state index contributed by atoms with van der Waals surface area (Å²) in [5.74, 6) is 1.42. The molecule has 0 radical (unpaired) electrons. The number of hydrogen-bond acceptors (Lipinski definition) is 7. The molecule has 9 heteroatoms. The standard InChI is InChI=1S/C19H15ClN4O2S2/c20-11-7-5-10(6-8-11)16-21-14(26-24-16)9-27-19-22-17(25)15-12-3-1-2-4-13(12)28-18(15)23-19/h5-8H,1-4,9H2,(H,22,23,25). The lowest BCUT2D eigenvalue weighted by molar-refractivity contribution is 0.391. The SMILES string of the molecule is O=c1[nH]c(SCc2nc(-c3ccc(Cl)cc3)no2)nc2sc3c(c12)CCCC3. The van der Waals surface area contributed by atoms with Gasteiger partial charge in [0.15, 0.2) is 5.16 Å². The summed E-state index contributed by atoms with van der Waals surface area (Å²) in [6.45, 7) is 0. The molecule has 28 heavy (non-hydrogen) atoms. The van der Waals surface area contributed by atoms with Gasteiger partial charge in [0, 0.05) is 15.5 Å². The van der Waals surface area contributed by atoms with E-state index < -0.39 is 0 Å². The largest absolute Gasteiger partial charge is 0.338 e. The fourth-order valence-corrected chi connectivity index (χ4v) is 5.52. The minimum Gasteiger partial charge on any atom is -0.338 e. The van der Waals surface area contributed by atoms with Crippen molar-refractivity contribution in [2.24, 2.45) is 0 Å². The highest BCUT2D eigenvalue weighted by Crippen LogP contribution is 2.34. The summed E-state index contributed by atoms with van der Waals surface area (Å²) < 4.78 is 5.32. The van der Waals surface area contributed by atoms with E-state index in [1.807, 2.05) is 12.1 Å². The van der Waals surface area contributed by atoms with Crippen LogP contribution in [-0.2, 0) is 18.6 Å². The van der Waals surface area contributed by atoms with Crippen LogP contribution in [0.1, 0.15) is 29.2 Å². The van der Waals surface area contributed by atoms with Gasteiger partial charge >= 0.3 is 0 Å². The van der Waals surface area contributed by atoms with Crippen molar-refractivity contribution in [2.75, 3.05) is 0 Å². The molecule has 0 fully saturated rings. The maximum absolute atomic E-state index is 12.6. The van der Waals surface area contributed by atoms with Gasteiger partial charge in [-0.1, -0.05) is 28.5 Å². The Hall–Kier alpha value is -2.16. The smallest absolute Gasteiger partial charge is 0.260 e. The first-order valence-electron chi connectivity index (χ1n) is 8.93. The molecule has 0 aliphatic heterocycles. The Balaban J connectivity index is 1.36. The van der Waals surface area contributed by atoms with Crippen LogP contribution >= 0.6 is 34.7 Å². The molecule has 0 atom stereocenters. The van der Waals surface area contributed by atoms with Crippen molar-refractivity contribution in [1.82, 2.24) is 20.1 Å². The van der Waals surface area contributed by atoms with Gasteiger partial charge in [-0.2, -0.15) is 4.98 Å². The summed E-state index contributed by atoms with van der Waals surface area (Å²) >= 11 is 8.93. The number of nitrogens with one attached hydrogen (secondary N) is 1. The Labute approximate surface area is 173 Å². The molecule has 142 valence electrons. The number of thiophene rings is 1. The van der Waals surface area contributed by atoms with Crippen LogP contribution in [-0.4, -0.2) is 20.1 Å². The first kappa shape index (κ1) is 17.9. The summed E-state index contributed by atoms with van der Waals surface area (Å²) in [5.41, 5.74) is 1.97.